The zero-order chi connectivity index (χ0) is 28.7. The van der Waals surface area contributed by atoms with E-state index >= 15 is 0 Å². The van der Waals surface area contributed by atoms with Gasteiger partial charge in [0.25, 0.3) is 10.0 Å². The molecule has 0 aromatic heterocycles. The van der Waals surface area contributed by atoms with Crippen molar-refractivity contribution >= 4 is 62.3 Å². The Bertz CT molecular complexity index is 1420. The summed E-state index contributed by atoms with van der Waals surface area (Å²) in [5, 5.41) is 3.84. The van der Waals surface area contributed by atoms with E-state index in [1.807, 2.05) is 13.8 Å². The molecule has 0 aliphatic rings. The van der Waals surface area contributed by atoms with Crippen LogP contribution in [0.1, 0.15) is 32.8 Å². The largest absolute Gasteiger partial charge is 0.352 e. The summed E-state index contributed by atoms with van der Waals surface area (Å²) < 4.78 is 28.5. The molecule has 7 nitrogen and oxygen atoms in total. The fraction of sp³-hybridized carbons (Fsp3) is 0.286. The van der Waals surface area contributed by atoms with E-state index in [0.717, 1.165) is 4.31 Å². The number of nitrogens with one attached hydrogen (secondary N) is 1. The molecule has 0 spiro atoms. The van der Waals surface area contributed by atoms with Gasteiger partial charge in [-0.1, -0.05) is 72.1 Å². The van der Waals surface area contributed by atoms with Gasteiger partial charge in [-0.25, -0.2) is 8.42 Å². The van der Waals surface area contributed by atoms with Gasteiger partial charge in [-0.2, -0.15) is 0 Å². The summed E-state index contributed by atoms with van der Waals surface area (Å²) in [6, 6.07) is 17.9. The van der Waals surface area contributed by atoms with E-state index in [-0.39, 0.29) is 29.1 Å². The van der Waals surface area contributed by atoms with Gasteiger partial charge in [0.05, 0.1) is 20.6 Å². The monoisotopic (exact) mass is 609 g/mol. The van der Waals surface area contributed by atoms with Crippen LogP contribution in [0.15, 0.2) is 77.7 Å². The first kappa shape index (κ1) is 30.8. The zero-order valence-electron chi connectivity index (χ0n) is 21.8. The maximum Gasteiger partial charge on any atom is 0.264 e. The lowest BCUT2D eigenvalue weighted by atomic mass is 10.1. The number of anilines is 1. The van der Waals surface area contributed by atoms with Gasteiger partial charge in [0.2, 0.25) is 11.8 Å². The van der Waals surface area contributed by atoms with Gasteiger partial charge >= 0.3 is 0 Å². The second kappa shape index (κ2) is 13.5. The molecule has 39 heavy (non-hydrogen) atoms. The molecule has 0 radical (unpaired) electrons. The minimum absolute atomic E-state index is 0.000411. The lowest BCUT2D eigenvalue weighted by molar-refractivity contribution is -0.139. The number of hydrogen-bond donors (Lipinski definition) is 1. The number of nitrogens with zero attached hydrogens (tertiary/aromatic N) is 2. The highest BCUT2D eigenvalue weighted by Gasteiger charge is 2.33. The van der Waals surface area contributed by atoms with E-state index in [2.05, 4.69) is 5.32 Å². The summed E-state index contributed by atoms with van der Waals surface area (Å²) in [6.07, 6.45) is 0.705. The average molecular weight is 611 g/mol. The standard InChI is InChI=1S/C28H30Cl3N3O4S/c1-4-19(2)32-28(36)20(3)33(17-21-13-14-25(30)26(31)15-21)27(35)18-34(23-10-8-9-22(29)16-23)39(37,38)24-11-6-5-7-12-24/h5-16,19-20H,4,17-18H2,1-3H3,(H,32,36)/t19-,20-/m0/s1. The third kappa shape index (κ3) is 7.88. The van der Waals surface area contributed by atoms with Crippen LogP contribution in [0.2, 0.25) is 15.1 Å². The van der Waals surface area contributed by atoms with Gasteiger partial charge in [0, 0.05) is 17.6 Å². The van der Waals surface area contributed by atoms with Crippen molar-refractivity contribution in [2.45, 2.75) is 50.7 Å². The van der Waals surface area contributed by atoms with E-state index in [1.54, 1.807) is 61.5 Å². The quantitative estimate of drug-likeness (QED) is 0.281. The van der Waals surface area contributed by atoms with Crippen LogP contribution in [0.25, 0.3) is 0 Å². The van der Waals surface area contributed by atoms with Crippen LogP contribution < -0.4 is 9.62 Å². The summed E-state index contributed by atoms with van der Waals surface area (Å²) in [5.74, 6) is -0.953. The van der Waals surface area contributed by atoms with Gasteiger partial charge in [0.15, 0.2) is 0 Å². The van der Waals surface area contributed by atoms with Crippen molar-refractivity contribution in [1.29, 1.82) is 0 Å². The lowest BCUT2D eigenvalue weighted by Gasteiger charge is -2.32. The molecular formula is C28H30Cl3N3O4S. The lowest BCUT2D eigenvalue weighted by Crippen LogP contribution is -2.52. The summed E-state index contributed by atoms with van der Waals surface area (Å²) in [6.45, 7) is 4.83. The molecule has 0 unspecified atom stereocenters. The molecule has 0 saturated carbocycles. The summed E-state index contributed by atoms with van der Waals surface area (Å²) in [4.78, 5) is 28.3. The van der Waals surface area contributed by atoms with Crippen molar-refractivity contribution in [2.24, 2.45) is 0 Å². The fourth-order valence-corrected chi connectivity index (χ4v) is 5.69. The molecule has 2 amide bonds. The van der Waals surface area contributed by atoms with Crippen molar-refractivity contribution in [1.82, 2.24) is 10.2 Å². The van der Waals surface area contributed by atoms with E-state index in [4.69, 9.17) is 34.8 Å². The highest BCUT2D eigenvalue weighted by Crippen LogP contribution is 2.27. The third-order valence-corrected chi connectivity index (χ3v) is 8.97. The Morgan fingerprint density at radius 2 is 1.59 bits per heavy atom. The summed E-state index contributed by atoms with van der Waals surface area (Å²) in [7, 11) is -4.17. The van der Waals surface area contributed by atoms with Gasteiger partial charge in [-0.3, -0.25) is 13.9 Å². The molecule has 208 valence electrons. The smallest absolute Gasteiger partial charge is 0.264 e. The summed E-state index contributed by atoms with van der Waals surface area (Å²) >= 11 is 18.4. The first-order chi connectivity index (χ1) is 18.4. The van der Waals surface area contributed by atoms with Crippen molar-refractivity contribution in [3.8, 4) is 0 Å². The molecule has 1 N–H and O–H groups in total. The van der Waals surface area contributed by atoms with Gasteiger partial charge in [-0.15, -0.1) is 0 Å². The molecule has 0 saturated heterocycles. The number of hydrogen-bond acceptors (Lipinski definition) is 4. The maximum atomic E-state index is 13.9. The molecule has 11 heteroatoms. The average Bonchev–Trinajstić information content (AvgIpc) is 2.92. The number of halogens is 3. The number of benzene rings is 3. The molecule has 0 fully saturated rings. The Morgan fingerprint density at radius 1 is 0.897 bits per heavy atom. The molecule has 3 rings (SSSR count). The third-order valence-electron chi connectivity index (χ3n) is 6.21. The van der Waals surface area contributed by atoms with E-state index < -0.39 is 28.5 Å². The van der Waals surface area contributed by atoms with Crippen molar-refractivity contribution < 1.29 is 18.0 Å². The number of amides is 2. The van der Waals surface area contributed by atoms with Crippen molar-refractivity contribution in [3.05, 3.63) is 93.4 Å². The van der Waals surface area contributed by atoms with Crippen LogP contribution in [-0.2, 0) is 26.2 Å². The molecule has 0 aliphatic heterocycles. The first-order valence-corrected chi connectivity index (χ1v) is 14.9. The predicted octanol–water partition coefficient (Wildman–Crippen LogP) is 6.17. The van der Waals surface area contributed by atoms with Crippen LogP contribution >= 0.6 is 34.8 Å². The maximum absolute atomic E-state index is 13.9. The van der Waals surface area contributed by atoms with Crippen LogP contribution in [0.3, 0.4) is 0 Å². The summed E-state index contributed by atoms with van der Waals surface area (Å²) in [5.41, 5.74) is 0.840. The SMILES string of the molecule is CC[C@H](C)NC(=O)[C@H](C)N(Cc1ccc(Cl)c(Cl)c1)C(=O)CN(c1cccc(Cl)c1)S(=O)(=O)c1ccccc1. The number of sulfonamides is 1. The van der Waals surface area contributed by atoms with Crippen LogP contribution in [-0.4, -0.2) is 43.8 Å². The number of rotatable bonds is 11. The Labute approximate surface area is 244 Å². The van der Waals surface area contributed by atoms with Crippen molar-refractivity contribution in [3.63, 3.8) is 0 Å². The Morgan fingerprint density at radius 3 is 2.21 bits per heavy atom. The topological polar surface area (TPSA) is 86.8 Å². The van der Waals surface area contributed by atoms with Crippen LogP contribution in [0.4, 0.5) is 5.69 Å². The Hall–Kier alpha value is -2.78. The highest BCUT2D eigenvalue weighted by molar-refractivity contribution is 7.92. The van der Waals surface area contributed by atoms with E-state index in [9.17, 15) is 18.0 Å². The van der Waals surface area contributed by atoms with Gasteiger partial charge in [-0.05, 0) is 68.3 Å². The van der Waals surface area contributed by atoms with Gasteiger partial charge < -0.3 is 10.2 Å². The molecule has 0 heterocycles. The molecule has 0 bridgehead atoms. The molecule has 0 aliphatic carbocycles. The second-order valence-electron chi connectivity index (χ2n) is 9.07. The van der Waals surface area contributed by atoms with Gasteiger partial charge in [0.1, 0.15) is 12.6 Å². The molecule has 3 aromatic rings. The minimum atomic E-state index is -4.17. The number of carbonyl (C=O) groups is 2. The van der Waals surface area contributed by atoms with Crippen LogP contribution in [0.5, 0.6) is 0 Å². The number of carbonyl (C=O) groups excluding carboxylic acids is 2. The van der Waals surface area contributed by atoms with E-state index in [1.165, 1.54) is 23.1 Å². The first-order valence-electron chi connectivity index (χ1n) is 12.3. The Kier molecular flexibility index (Phi) is 10.7. The molecular weight excluding hydrogens is 581 g/mol. The zero-order valence-corrected chi connectivity index (χ0v) is 24.9. The normalized spacial score (nSPS) is 12.9. The molecule has 2 atom stereocenters. The molecule has 3 aromatic carbocycles. The highest BCUT2D eigenvalue weighted by atomic mass is 35.5. The van der Waals surface area contributed by atoms with Crippen LogP contribution in [0, 0.1) is 0 Å². The fourth-order valence-electron chi connectivity index (χ4n) is 3.76. The predicted molar refractivity (Wildman–Crippen MR) is 157 cm³/mol. The Balaban J connectivity index is 2.03. The second-order valence-corrected chi connectivity index (χ2v) is 12.2. The van der Waals surface area contributed by atoms with E-state index in [0.29, 0.717) is 27.1 Å². The van der Waals surface area contributed by atoms with Crippen molar-refractivity contribution in [2.75, 3.05) is 10.8 Å². The minimum Gasteiger partial charge on any atom is -0.352 e.